The molecule has 5 heteroatoms. The Hall–Kier alpha value is -1.00. The molecule has 1 aliphatic heterocycles. The molecule has 0 fully saturated rings. The van der Waals surface area contributed by atoms with Crippen molar-refractivity contribution >= 4 is 35.2 Å². The molecule has 0 aliphatic carbocycles. The van der Waals surface area contributed by atoms with Crippen LogP contribution in [0.25, 0.3) is 0 Å². The minimum atomic E-state index is -0.844. The first-order valence-corrected chi connectivity index (χ1v) is 5.25. The van der Waals surface area contributed by atoms with E-state index < -0.39 is 12.0 Å². The molecule has 80 valence electrons. The average molecular weight is 244 g/mol. The summed E-state index contributed by atoms with van der Waals surface area (Å²) in [6, 6.07) is 9.08. The lowest BCUT2D eigenvalue weighted by Crippen LogP contribution is -2.17. The van der Waals surface area contributed by atoms with E-state index in [0.29, 0.717) is 5.75 Å². The molecule has 1 aromatic rings. The SMILES string of the molecule is Cl.O=C(O)C1CSC(c2ccccc2)=N1. The van der Waals surface area contributed by atoms with Gasteiger partial charge < -0.3 is 5.11 Å². The number of thioether (sulfide) groups is 1. The predicted octanol–water partition coefficient (Wildman–Crippen LogP) is 2.05. The van der Waals surface area contributed by atoms with E-state index in [1.54, 1.807) is 0 Å². The Labute approximate surface area is 98.0 Å². The summed E-state index contributed by atoms with van der Waals surface area (Å²) >= 11 is 1.50. The quantitative estimate of drug-likeness (QED) is 0.865. The van der Waals surface area contributed by atoms with Gasteiger partial charge in [0.25, 0.3) is 0 Å². The van der Waals surface area contributed by atoms with Gasteiger partial charge in [-0.3, -0.25) is 4.99 Å². The fourth-order valence-corrected chi connectivity index (χ4v) is 2.28. The molecule has 0 bridgehead atoms. The van der Waals surface area contributed by atoms with Gasteiger partial charge in [-0.2, -0.15) is 0 Å². The second-order valence-corrected chi connectivity index (χ2v) is 3.97. The Morgan fingerprint density at radius 1 is 1.40 bits per heavy atom. The number of nitrogens with zero attached hydrogens (tertiary/aromatic N) is 1. The van der Waals surface area contributed by atoms with E-state index in [1.807, 2.05) is 30.3 Å². The largest absolute Gasteiger partial charge is 0.480 e. The van der Waals surface area contributed by atoms with Crippen LogP contribution in [-0.2, 0) is 4.79 Å². The first-order chi connectivity index (χ1) is 6.77. The number of hydrogen-bond acceptors (Lipinski definition) is 3. The average Bonchev–Trinajstić information content (AvgIpc) is 2.68. The van der Waals surface area contributed by atoms with Crippen LogP contribution in [0, 0.1) is 0 Å². The number of rotatable bonds is 2. The van der Waals surface area contributed by atoms with Crippen molar-refractivity contribution in [1.29, 1.82) is 0 Å². The third-order valence-corrected chi connectivity index (χ3v) is 3.05. The van der Waals surface area contributed by atoms with E-state index >= 15 is 0 Å². The van der Waals surface area contributed by atoms with Crippen LogP contribution in [0.3, 0.4) is 0 Å². The highest BCUT2D eigenvalue weighted by Crippen LogP contribution is 2.23. The third kappa shape index (κ3) is 2.73. The lowest BCUT2D eigenvalue weighted by atomic mass is 10.2. The highest BCUT2D eigenvalue weighted by atomic mass is 35.5. The molecule has 0 saturated heterocycles. The molecule has 3 nitrogen and oxygen atoms in total. The molecule has 0 aromatic heterocycles. The van der Waals surface area contributed by atoms with Crippen molar-refractivity contribution in [3.63, 3.8) is 0 Å². The third-order valence-electron chi connectivity index (χ3n) is 1.96. The van der Waals surface area contributed by atoms with Crippen molar-refractivity contribution in [3.8, 4) is 0 Å². The summed E-state index contributed by atoms with van der Waals surface area (Å²) in [4.78, 5) is 14.8. The van der Waals surface area contributed by atoms with E-state index in [1.165, 1.54) is 11.8 Å². The van der Waals surface area contributed by atoms with Gasteiger partial charge >= 0.3 is 5.97 Å². The van der Waals surface area contributed by atoms with Crippen LogP contribution in [0.5, 0.6) is 0 Å². The number of benzene rings is 1. The Kier molecular flexibility index (Phi) is 4.17. The first kappa shape index (κ1) is 12.1. The summed E-state index contributed by atoms with van der Waals surface area (Å²) in [5.41, 5.74) is 1.00. The van der Waals surface area contributed by atoms with E-state index in [2.05, 4.69) is 4.99 Å². The van der Waals surface area contributed by atoms with Crippen LogP contribution >= 0.6 is 24.2 Å². The van der Waals surface area contributed by atoms with Crippen LogP contribution in [0.15, 0.2) is 35.3 Å². The predicted molar refractivity (Wildman–Crippen MR) is 64.1 cm³/mol. The molecule has 1 atom stereocenters. The van der Waals surface area contributed by atoms with E-state index in [0.717, 1.165) is 10.6 Å². The highest BCUT2D eigenvalue weighted by molar-refractivity contribution is 8.14. The molecular formula is C10H10ClNO2S. The molecular weight excluding hydrogens is 234 g/mol. The van der Waals surface area contributed by atoms with Crippen molar-refractivity contribution in [2.45, 2.75) is 6.04 Å². The van der Waals surface area contributed by atoms with Gasteiger partial charge in [0.2, 0.25) is 0 Å². The van der Waals surface area contributed by atoms with Gasteiger partial charge in [0.05, 0.1) is 5.04 Å². The van der Waals surface area contributed by atoms with E-state index in [4.69, 9.17) is 5.11 Å². The smallest absolute Gasteiger partial charge is 0.329 e. The lowest BCUT2D eigenvalue weighted by molar-refractivity contribution is -0.137. The monoisotopic (exact) mass is 243 g/mol. The summed E-state index contributed by atoms with van der Waals surface area (Å²) in [5.74, 6) is -0.303. The molecule has 0 amide bonds. The van der Waals surface area contributed by atoms with Gasteiger partial charge in [0.15, 0.2) is 6.04 Å². The zero-order valence-electron chi connectivity index (χ0n) is 7.79. The number of carboxylic acids is 1. The Morgan fingerprint density at radius 2 is 2.07 bits per heavy atom. The van der Waals surface area contributed by atoms with Crippen molar-refractivity contribution < 1.29 is 9.90 Å². The molecule has 1 aromatic carbocycles. The Morgan fingerprint density at radius 3 is 2.60 bits per heavy atom. The van der Waals surface area contributed by atoms with Crippen molar-refractivity contribution in [2.24, 2.45) is 4.99 Å². The molecule has 0 radical (unpaired) electrons. The summed E-state index contributed by atoms with van der Waals surface area (Å²) in [5, 5.41) is 9.59. The maximum Gasteiger partial charge on any atom is 0.329 e. The summed E-state index contributed by atoms with van der Waals surface area (Å²) in [7, 11) is 0. The van der Waals surface area contributed by atoms with Gasteiger partial charge in [-0.05, 0) is 0 Å². The van der Waals surface area contributed by atoms with Crippen LogP contribution in [0.1, 0.15) is 5.56 Å². The maximum absolute atomic E-state index is 10.7. The van der Waals surface area contributed by atoms with Gasteiger partial charge in [0, 0.05) is 11.3 Å². The molecule has 1 heterocycles. The zero-order valence-corrected chi connectivity index (χ0v) is 9.42. The lowest BCUT2D eigenvalue weighted by Gasteiger charge is -1.96. The summed E-state index contributed by atoms with van der Waals surface area (Å²) in [6.45, 7) is 0. The normalized spacial score (nSPS) is 19.2. The van der Waals surface area contributed by atoms with Gasteiger partial charge in [0.1, 0.15) is 0 Å². The van der Waals surface area contributed by atoms with Crippen molar-refractivity contribution in [2.75, 3.05) is 5.75 Å². The molecule has 1 unspecified atom stereocenters. The minimum Gasteiger partial charge on any atom is -0.480 e. The van der Waals surface area contributed by atoms with Gasteiger partial charge in [-0.25, -0.2) is 4.79 Å². The molecule has 0 spiro atoms. The fraction of sp³-hybridized carbons (Fsp3) is 0.200. The second-order valence-electron chi connectivity index (χ2n) is 2.97. The fourth-order valence-electron chi connectivity index (χ4n) is 1.24. The van der Waals surface area contributed by atoms with Gasteiger partial charge in [-0.1, -0.05) is 30.3 Å². The van der Waals surface area contributed by atoms with Gasteiger partial charge in [-0.15, -0.1) is 24.2 Å². The molecule has 15 heavy (non-hydrogen) atoms. The Bertz CT molecular complexity index is 380. The standard InChI is InChI=1S/C10H9NO2S.ClH/c12-10(13)8-6-14-9(11-8)7-4-2-1-3-5-7;/h1-5,8H,6H2,(H,12,13);1H. The van der Waals surface area contributed by atoms with E-state index in [-0.39, 0.29) is 12.4 Å². The molecule has 2 rings (SSSR count). The Balaban J connectivity index is 0.00000112. The molecule has 0 saturated carbocycles. The topological polar surface area (TPSA) is 49.7 Å². The second kappa shape index (κ2) is 5.19. The minimum absolute atomic E-state index is 0. The first-order valence-electron chi connectivity index (χ1n) is 4.26. The number of carbonyl (C=O) groups is 1. The molecule has 1 aliphatic rings. The molecule has 1 N–H and O–H groups in total. The van der Waals surface area contributed by atoms with Crippen LogP contribution < -0.4 is 0 Å². The summed E-state index contributed by atoms with van der Waals surface area (Å²) < 4.78 is 0. The number of halogens is 1. The van der Waals surface area contributed by atoms with Crippen molar-refractivity contribution in [3.05, 3.63) is 35.9 Å². The zero-order chi connectivity index (χ0) is 9.97. The highest BCUT2D eigenvalue weighted by Gasteiger charge is 2.24. The number of carboxylic acid groups (broad SMARTS) is 1. The van der Waals surface area contributed by atoms with E-state index in [9.17, 15) is 4.79 Å². The van der Waals surface area contributed by atoms with Crippen LogP contribution in [0.2, 0.25) is 0 Å². The summed E-state index contributed by atoms with van der Waals surface area (Å²) in [6.07, 6.45) is 0. The number of aliphatic imine (C=N–C) groups is 1. The van der Waals surface area contributed by atoms with Crippen molar-refractivity contribution in [1.82, 2.24) is 0 Å². The maximum atomic E-state index is 10.7. The number of hydrogen-bond donors (Lipinski definition) is 1. The van der Waals surface area contributed by atoms with Crippen LogP contribution in [-0.4, -0.2) is 27.9 Å². The number of aliphatic carboxylic acids is 1. The van der Waals surface area contributed by atoms with Crippen LogP contribution in [0.4, 0.5) is 0 Å².